The number of halogens is 1. The van der Waals surface area contributed by atoms with Gasteiger partial charge in [-0.3, -0.25) is 0 Å². The van der Waals surface area contributed by atoms with Crippen molar-refractivity contribution in [1.29, 1.82) is 0 Å². The van der Waals surface area contributed by atoms with Crippen LogP contribution >= 0.6 is 11.6 Å². The molecule has 0 unspecified atom stereocenters. The topological polar surface area (TPSA) is 19.4 Å². The Kier molecular flexibility index (Phi) is 24.4. The molecule has 0 atom stereocenters. The zero-order valence-corrected chi connectivity index (χ0v) is 82.3. The van der Waals surface area contributed by atoms with Crippen LogP contribution in [0.25, 0.3) is 0 Å². The molecule has 0 N–H and O–H groups in total. The van der Waals surface area contributed by atoms with E-state index in [0.717, 1.165) is 79.6 Å². The zero-order valence-electron chi connectivity index (χ0n) is 81.5. The van der Waals surface area contributed by atoms with Crippen molar-refractivity contribution in [1.82, 2.24) is 0 Å². The molecule has 0 bridgehead atoms. The van der Waals surface area contributed by atoms with Crippen LogP contribution in [0.1, 0.15) is 233 Å². The fourth-order valence-electron chi connectivity index (χ4n) is 17.8. The Hall–Kier alpha value is -11.8. The van der Waals surface area contributed by atoms with Crippen LogP contribution in [0.15, 0.2) is 303 Å². The third-order valence-electron chi connectivity index (χ3n) is 25.9. The van der Waals surface area contributed by atoms with Gasteiger partial charge < -0.3 is 29.4 Å². The lowest BCUT2D eigenvalue weighted by Gasteiger charge is -2.45. The molecule has 2 aliphatic rings. The number of nitrogens with zero attached hydrogens (tertiary/aromatic N) is 6. The maximum atomic E-state index is 8.12. The second kappa shape index (κ2) is 34.3. The van der Waals surface area contributed by atoms with E-state index in [-0.39, 0.29) is 50.0 Å². The maximum Gasteiger partial charge on any atom is 0.252 e. The van der Waals surface area contributed by atoms with Crippen molar-refractivity contribution in [2.45, 2.75) is 237 Å². The zero-order chi connectivity index (χ0) is 92.0. The Balaban J connectivity index is 0.000000197. The molecule has 0 amide bonds. The van der Waals surface area contributed by atoms with E-state index in [4.69, 9.17) is 11.6 Å². The molecule has 2 heterocycles. The van der Waals surface area contributed by atoms with Crippen LogP contribution in [0.2, 0.25) is 5.02 Å². The molecule has 0 radical (unpaired) electrons. The van der Waals surface area contributed by atoms with E-state index in [1.807, 2.05) is 0 Å². The second-order valence-electron chi connectivity index (χ2n) is 44.3. The summed E-state index contributed by atoms with van der Waals surface area (Å²) in [5.41, 5.74) is 38.7. The largest absolute Gasteiger partial charge is 0.311 e. The minimum absolute atomic E-state index is 0.00337. The second-order valence-corrected chi connectivity index (χ2v) is 44.7. The highest BCUT2D eigenvalue weighted by atomic mass is 35.5. The van der Waals surface area contributed by atoms with Gasteiger partial charge in [0.05, 0.1) is 27.8 Å². The lowest BCUT2D eigenvalue weighted by atomic mass is 9.33. The van der Waals surface area contributed by atoms with Crippen molar-refractivity contribution in [2.24, 2.45) is 0 Å². The van der Waals surface area contributed by atoms with Crippen molar-refractivity contribution in [3.8, 4) is 0 Å². The molecule has 0 saturated carbocycles. The number of fused-ring (bicyclic) bond motifs is 4. The van der Waals surface area contributed by atoms with Gasteiger partial charge in [0.1, 0.15) is 0 Å². The summed E-state index contributed by atoms with van der Waals surface area (Å²) in [7, 11) is 0. The summed E-state index contributed by atoms with van der Waals surface area (Å²) in [5, 5.41) is 0.635. The maximum absolute atomic E-state index is 8.12. The fraction of sp³-hybridized carbons (Fsp3) is 0.300. The van der Waals surface area contributed by atoms with Crippen LogP contribution in [0.4, 0.5) is 102 Å². The third kappa shape index (κ3) is 18.9. The fourth-order valence-corrected chi connectivity index (χ4v) is 18.1. The lowest BCUT2D eigenvalue weighted by molar-refractivity contribution is 0.590. The minimum Gasteiger partial charge on any atom is -0.311 e. The molecule has 0 saturated heterocycles. The van der Waals surface area contributed by atoms with Crippen LogP contribution in [0.5, 0.6) is 0 Å². The van der Waals surface area contributed by atoms with E-state index in [1.165, 1.54) is 106 Å². The van der Waals surface area contributed by atoms with E-state index >= 15 is 0 Å². The Labute approximate surface area is 773 Å². The monoisotopic (exact) mass is 1710 g/mol. The molecule has 654 valence electrons. The molecule has 6 nitrogen and oxygen atoms in total. The van der Waals surface area contributed by atoms with E-state index in [1.54, 1.807) is 0 Å². The molecule has 0 fully saturated rings. The smallest absolute Gasteiger partial charge is 0.252 e. The summed E-state index contributed by atoms with van der Waals surface area (Å²) in [6.07, 6.45) is 0. The van der Waals surface area contributed by atoms with Gasteiger partial charge in [-0.15, -0.1) is 0 Å². The van der Waals surface area contributed by atoms with Crippen molar-refractivity contribution < 1.29 is 0 Å². The molecule has 14 aromatic rings. The normalized spacial score (nSPS) is 13.0. The number of rotatable bonds is 14. The molecule has 0 aromatic heterocycles. The first-order chi connectivity index (χ1) is 60.1. The summed E-state index contributed by atoms with van der Waals surface area (Å²) in [6, 6.07) is 114. The van der Waals surface area contributed by atoms with Gasteiger partial charge in [-0.1, -0.05) is 346 Å². The van der Waals surface area contributed by atoms with E-state index < -0.39 is 0 Å². The Morgan fingerprint density at radius 2 is 0.398 bits per heavy atom. The first-order valence-electron chi connectivity index (χ1n) is 46.1. The highest BCUT2D eigenvalue weighted by molar-refractivity contribution is 7.00. The molecule has 16 rings (SSSR count). The van der Waals surface area contributed by atoms with Gasteiger partial charge in [-0.05, 0) is 290 Å². The van der Waals surface area contributed by atoms with Crippen molar-refractivity contribution in [3.05, 3.63) is 375 Å². The van der Waals surface area contributed by atoms with E-state index in [0.29, 0.717) is 5.02 Å². The molecule has 8 heteroatoms. The Morgan fingerprint density at radius 1 is 0.203 bits per heavy atom. The van der Waals surface area contributed by atoms with Crippen LogP contribution in [0, 0.1) is 27.7 Å². The summed E-state index contributed by atoms with van der Waals surface area (Å²) >= 11 is 8.12. The molecule has 14 aromatic carbocycles. The van der Waals surface area contributed by atoms with E-state index in [9.17, 15) is 0 Å². The highest BCUT2D eigenvalue weighted by Crippen LogP contribution is 2.54. The standard InChI is InChI=1S/C60H66BN3.C60H68ClN3/c1-39-15-25-45(26-16-39)62(46-27-17-40(2)18-28-46)49-37-54-56-55(38-49)64(48-31-21-42(22-32-48)58(6,7)8)53-34-24-44(60(12,13)14)36-51(53)61(56)50-35-43(59(9,10)11)23-33-52(50)63(54)47-29-19-41(20-30-47)57(3,4)5;1-41-15-27-47(28-16-41)62(48-29-17-42(2)18-30-48)53-39-54(63(49-31-19-43(20-32-49)57(3,4)5)50-33-21-44(22-34-50)58(6,7)8)56(61)55(40-53)64(51-35-23-45(24-36-51)59(9,10)11)52-37-25-46(26-38-52)60(12,13)14/h15-38H,1-14H3;15-40H,1-14H3. The molecule has 2 aliphatic heterocycles. The van der Waals surface area contributed by atoms with Crippen molar-refractivity contribution >= 4 is 137 Å². The average Bonchev–Trinajstić information content (AvgIpc) is 0.690. The number of aryl methyl sites for hydroxylation is 4. The van der Waals surface area contributed by atoms with Gasteiger partial charge in [-0.25, -0.2) is 0 Å². The Morgan fingerprint density at radius 3 is 0.625 bits per heavy atom. The summed E-state index contributed by atoms with van der Waals surface area (Å²) in [4.78, 5) is 14.6. The predicted octanol–water partition coefficient (Wildman–Crippen LogP) is 33.6. The quantitative estimate of drug-likeness (QED) is 0.100. The van der Waals surface area contributed by atoms with E-state index in [2.05, 4.69) is 527 Å². The van der Waals surface area contributed by atoms with Crippen LogP contribution in [-0.4, -0.2) is 6.71 Å². The summed E-state index contributed by atoms with van der Waals surface area (Å²) in [6.45, 7) is 63.6. The lowest BCUT2D eigenvalue weighted by Crippen LogP contribution is -2.61. The summed E-state index contributed by atoms with van der Waals surface area (Å²) in [5.74, 6) is 0. The SMILES string of the molecule is Cc1ccc(N(c2ccc(C)cc2)c2cc(N(c3ccc(C(C)(C)C)cc3)c3ccc(C(C)(C)C)cc3)c(Cl)c(N(c3ccc(C(C)(C)C)cc3)c3ccc(C(C)(C)C)cc3)c2)cc1.Cc1ccc(N(c2ccc(C)cc2)c2cc3c4c(c2)N(c2ccc(C(C)(C)C)cc2)c2ccc(C(C)(C)C)cc2B4c2cc(C(C)(C)C)ccc2N3c2ccc(C(C)(C)C)cc2)cc1. The highest BCUT2D eigenvalue weighted by Gasteiger charge is 2.46. The first-order valence-corrected chi connectivity index (χ1v) is 46.5. The van der Waals surface area contributed by atoms with Gasteiger partial charge in [0, 0.05) is 79.6 Å². The first kappa shape index (κ1) is 91.0. The number of hydrogen-bond donors (Lipinski definition) is 0. The number of benzene rings is 14. The molecule has 128 heavy (non-hydrogen) atoms. The van der Waals surface area contributed by atoms with Gasteiger partial charge in [0.25, 0.3) is 6.71 Å². The van der Waals surface area contributed by atoms with Crippen LogP contribution < -0.4 is 45.8 Å². The Bertz CT molecular complexity index is 5720. The van der Waals surface area contributed by atoms with Crippen molar-refractivity contribution in [2.75, 3.05) is 29.4 Å². The molecular weight excluding hydrogens is 1570 g/mol. The van der Waals surface area contributed by atoms with Crippen LogP contribution in [0.3, 0.4) is 0 Å². The van der Waals surface area contributed by atoms with Crippen molar-refractivity contribution in [3.63, 3.8) is 0 Å². The minimum atomic E-state index is -0.0324. The number of hydrogen-bond acceptors (Lipinski definition) is 6. The number of anilines is 18. The summed E-state index contributed by atoms with van der Waals surface area (Å²) < 4.78 is 0. The molecule has 0 aliphatic carbocycles. The van der Waals surface area contributed by atoms with Gasteiger partial charge in [0.15, 0.2) is 0 Å². The van der Waals surface area contributed by atoms with Gasteiger partial charge in [-0.2, -0.15) is 0 Å². The van der Waals surface area contributed by atoms with Crippen LogP contribution in [-0.2, 0) is 43.3 Å². The predicted molar refractivity (Wildman–Crippen MR) is 559 cm³/mol. The molecule has 0 spiro atoms. The van der Waals surface area contributed by atoms with Gasteiger partial charge in [0.2, 0.25) is 0 Å². The average molecular weight is 1710 g/mol. The molecular formula is C120H134BClN6. The third-order valence-corrected chi connectivity index (χ3v) is 26.3. The van der Waals surface area contributed by atoms with Gasteiger partial charge >= 0.3 is 0 Å².